The lowest BCUT2D eigenvalue weighted by atomic mass is 9.99. The number of nitrogens with one attached hydrogen (secondary N) is 1. The first-order chi connectivity index (χ1) is 8.36. The Kier molecular flexibility index (Phi) is 4.60. The standard InChI is InChI=1S/C14H25N3/c1-3-12(4-2)14-10-16-11-17(14)13-7-5-6-8-15-9-13/h10-13,15H,3-9H2,1-2H3. The van der Waals surface area contributed by atoms with Crippen molar-refractivity contribution in [3.8, 4) is 0 Å². The quantitative estimate of drug-likeness (QED) is 0.869. The van der Waals surface area contributed by atoms with Crippen LogP contribution in [-0.4, -0.2) is 22.6 Å². The minimum atomic E-state index is 0.607. The van der Waals surface area contributed by atoms with E-state index < -0.39 is 0 Å². The summed E-state index contributed by atoms with van der Waals surface area (Å²) in [6.07, 6.45) is 10.5. The second-order valence-electron chi connectivity index (χ2n) is 5.09. The van der Waals surface area contributed by atoms with Gasteiger partial charge in [0.25, 0.3) is 0 Å². The van der Waals surface area contributed by atoms with Gasteiger partial charge < -0.3 is 9.88 Å². The first-order valence-corrected chi connectivity index (χ1v) is 7.09. The van der Waals surface area contributed by atoms with E-state index in [0.717, 1.165) is 6.54 Å². The average molecular weight is 235 g/mol. The van der Waals surface area contributed by atoms with E-state index >= 15 is 0 Å². The maximum Gasteiger partial charge on any atom is 0.0951 e. The highest BCUT2D eigenvalue weighted by atomic mass is 15.1. The van der Waals surface area contributed by atoms with E-state index in [9.17, 15) is 0 Å². The normalized spacial score (nSPS) is 21.7. The van der Waals surface area contributed by atoms with Crippen molar-refractivity contribution >= 4 is 0 Å². The molecule has 17 heavy (non-hydrogen) atoms. The van der Waals surface area contributed by atoms with Crippen molar-refractivity contribution in [1.29, 1.82) is 0 Å². The van der Waals surface area contributed by atoms with Crippen molar-refractivity contribution in [2.75, 3.05) is 13.1 Å². The van der Waals surface area contributed by atoms with Crippen LogP contribution in [0, 0.1) is 0 Å². The monoisotopic (exact) mass is 235 g/mol. The van der Waals surface area contributed by atoms with Crippen LogP contribution in [-0.2, 0) is 0 Å². The molecule has 3 nitrogen and oxygen atoms in total. The number of nitrogens with zero attached hydrogens (tertiary/aromatic N) is 2. The molecule has 1 fully saturated rings. The minimum absolute atomic E-state index is 0.607. The molecule has 3 heteroatoms. The highest BCUT2D eigenvalue weighted by Gasteiger charge is 2.19. The molecule has 1 N–H and O–H groups in total. The van der Waals surface area contributed by atoms with Crippen LogP contribution in [0.25, 0.3) is 0 Å². The predicted octanol–water partition coefficient (Wildman–Crippen LogP) is 3.10. The van der Waals surface area contributed by atoms with Crippen LogP contribution >= 0.6 is 0 Å². The smallest absolute Gasteiger partial charge is 0.0951 e. The van der Waals surface area contributed by atoms with Crippen LogP contribution in [0.5, 0.6) is 0 Å². The summed E-state index contributed by atoms with van der Waals surface area (Å²) in [5, 5.41) is 3.54. The van der Waals surface area contributed by atoms with Gasteiger partial charge in [-0.2, -0.15) is 0 Å². The lowest BCUT2D eigenvalue weighted by Gasteiger charge is -2.22. The Morgan fingerprint density at radius 3 is 3.00 bits per heavy atom. The molecule has 1 saturated heterocycles. The summed E-state index contributed by atoms with van der Waals surface area (Å²) < 4.78 is 2.43. The van der Waals surface area contributed by atoms with E-state index in [1.807, 2.05) is 6.33 Å². The van der Waals surface area contributed by atoms with Gasteiger partial charge in [-0.1, -0.05) is 20.3 Å². The molecule has 2 heterocycles. The van der Waals surface area contributed by atoms with Gasteiger partial charge in [-0.15, -0.1) is 0 Å². The molecule has 0 aliphatic carbocycles. The van der Waals surface area contributed by atoms with Crippen LogP contribution in [0.2, 0.25) is 0 Å². The molecule has 0 saturated carbocycles. The van der Waals surface area contributed by atoms with Crippen molar-refractivity contribution in [2.24, 2.45) is 0 Å². The molecule has 0 amide bonds. The van der Waals surface area contributed by atoms with Crippen LogP contribution < -0.4 is 5.32 Å². The summed E-state index contributed by atoms with van der Waals surface area (Å²) in [6.45, 7) is 6.82. The van der Waals surface area contributed by atoms with E-state index in [0.29, 0.717) is 12.0 Å². The maximum absolute atomic E-state index is 4.38. The third-order valence-electron chi connectivity index (χ3n) is 4.01. The van der Waals surface area contributed by atoms with Crippen molar-refractivity contribution in [3.63, 3.8) is 0 Å². The van der Waals surface area contributed by atoms with E-state index in [-0.39, 0.29) is 0 Å². The fourth-order valence-corrected chi connectivity index (χ4v) is 2.88. The third kappa shape index (κ3) is 2.89. The molecule has 0 aromatic carbocycles. The van der Waals surface area contributed by atoms with E-state index in [1.165, 1.54) is 44.3 Å². The molecule has 1 atom stereocenters. The predicted molar refractivity (Wildman–Crippen MR) is 71.3 cm³/mol. The maximum atomic E-state index is 4.38. The van der Waals surface area contributed by atoms with Crippen LogP contribution in [0.3, 0.4) is 0 Å². The number of hydrogen-bond donors (Lipinski definition) is 1. The van der Waals surface area contributed by atoms with Gasteiger partial charge >= 0.3 is 0 Å². The highest BCUT2D eigenvalue weighted by molar-refractivity contribution is 5.07. The van der Waals surface area contributed by atoms with Crippen LogP contribution in [0.15, 0.2) is 12.5 Å². The molecule has 0 bridgehead atoms. The Balaban J connectivity index is 2.16. The lowest BCUT2D eigenvalue weighted by Crippen LogP contribution is -2.24. The second-order valence-corrected chi connectivity index (χ2v) is 5.09. The summed E-state index contributed by atoms with van der Waals surface area (Å²) in [5.74, 6) is 0.667. The number of aromatic nitrogens is 2. The molecule has 1 aliphatic rings. The molecule has 0 spiro atoms. The van der Waals surface area contributed by atoms with Crippen molar-refractivity contribution in [1.82, 2.24) is 14.9 Å². The minimum Gasteiger partial charge on any atom is -0.330 e. The molecule has 1 aromatic rings. The Morgan fingerprint density at radius 2 is 2.24 bits per heavy atom. The van der Waals surface area contributed by atoms with Crippen LogP contribution in [0.1, 0.15) is 63.6 Å². The van der Waals surface area contributed by atoms with E-state index in [4.69, 9.17) is 0 Å². The summed E-state index contributed by atoms with van der Waals surface area (Å²) in [4.78, 5) is 4.38. The SMILES string of the molecule is CCC(CC)c1cncn1C1CCCCNC1. The molecule has 96 valence electrons. The van der Waals surface area contributed by atoms with Gasteiger partial charge in [-0.3, -0.25) is 0 Å². The van der Waals surface area contributed by atoms with Gasteiger partial charge in [0, 0.05) is 30.4 Å². The largest absolute Gasteiger partial charge is 0.330 e. The fourth-order valence-electron chi connectivity index (χ4n) is 2.88. The lowest BCUT2D eigenvalue weighted by molar-refractivity contribution is 0.431. The molecule has 0 radical (unpaired) electrons. The zero-order valence-corrected chi connectivity index (χ0v) is 11.2. The first-order valence-electron chi connectivity index (χ1n) is 7.09. The van der Waals surface area contributed by atoms with Crippen molar-refractivity contribution in [2.45, 2.75) is 57.9 Å². The zero-order valence-electron chi connectivity index (χ0n) is 11.2. The van der Waals surface area contributed by atoms with Gasteiger partial charge in [-0.05, 0) is 32.2 Å². The molecule has 2 rings (SSSR count). The topological polar surface area (TPSA) is 29.9 Å². The fraction of sp³-hybridized carbons (Fsp3) is 0.786. The summed E-state index contributed by atoms with van der Waals surface area (Å²) in [5.41, 5.74) is 1.43. The number of imidazole rings is 1. The Morgan fingerprint density at radius 1 is 1.41 bits per heavy atom. The van der Waals surface area contributed by atoms with Gasteiger partial charge in [0.05, 0.1) is 6.33 Å². The summed E-state index contributed by atoms with van der Waals surface area (Å²) in [7, 11) is 0. The van der Waals surface area contributed by atoms with E-state index in [2.05, 4.69) is 34.9 Å². The molecule has 1 unspecified atom stereocenters. The van der Waals surface area contributed by atoms with Crippen molar-refractivity contribution < 1.29 is 0 Å². The molecular formula is C14H25N3. The van der Waals surface area contributed by atoms with Gasteiger partial charge in [0.15, 0.2) is 0 Å². The number of rotatable bonds is 4. The van der Waals surface area contributed by atoms with Crippen LogP contribution in [0.4, 0.5) is 0 Å². The molecule has 1 aromatic heterocycles. The Labute approximate surface area is 105 Å². The summed E-state index contributed by atoms with van der Waals surface area (Å²) in [6, 6.07) is 0.607. The first kappa shape index (κ1) is 12.6. The zero-order chi connectivity index (χ0) is 12.1. The van der Waals surface area contributed by atoms with Gasteiger partial charge in [0.1, 0.15) is 0 Å². The Hall–Kier alpha value is -0.830. The number of hydrogen-bond acceptors (Lipinski definition) is 2. The van der Waals surface area contributed by atoms with Gasteiger partial charge in [0.2, 0.25) is 0 Å². The van der Waals surface area contributed by atoms with Crippen molar-refractivity contribution in [3.05, 3.63) is 18.2 Å². The summed E-state index contributed by atoms with van der Waals surface area (Å²) >= 11 is 0. The second kappa shape index (κ2) is 6.20. The third-order valence-corrected chi connectivity index (χ3v) is 4.01. The average Bonchev–Trinajstić information content (AvgIpc) is 2.66. The highest BCUT2D eigenvalue weighted by Crippen LogP contribution is 2.27. The van der Waals surface area contributed by atoms with Gasteiger partial charge in [-0.25, -0.2) is 4.98 Å². The molecule has 1 aliphatic heterocycles. The Bertz CT molecular complexity index is 320. The molecular weight excluding hydrogens is 210 g/mol. The van der Waals surface area contributed by atoms with E-state index in [1.54, 1.807) is 0 Å².